The van der Waals surface area contributed by atoms with Gasteiger partial charge >= 0.3 is 5.97 Å². The average molecular weight is 732 g/mol. The van der Waals surface area contributed by atoms with E-state index < -0.39 is 49.6 Å². The Kier molecular flexibility index (Phi) is 7.32. The summed E-state index contributed by atoms with van der Waals surface area (Å²) in [6.45, 7) is 1.67. The number of hydrogen-bond acceptors (Lipinski definition) is 5. The number of halogens is 8. The summed E-state index contributed by atoms with van der Waals surface area (Å²) < 4.78 is 3.52. The molecule has 2 aromatic carbocycles. The molecule has 2 heterocycles. The van der Waals surface area contributed by atoms with E-state index in [1.54, 1.807) is 25.1 Å². The van der Waals surface area contributed by atoms with Gasteiger partial charge in [-0.25, -0.2) is 4.90 Å². The second-order valence-corrected chi connectivity index (χ2v) is 14.6. The first-order valence-corrected chi connectivity index (χ1v) is 15.4. The Hall–Kier alpha value is -1.42. The lowest BCUT2D eigenvalue weighted by molar-refractivity contribution is -0.139. The number of anilines is 2. The highest BCUT2D eigenvalue weighted by Gasteiger charge is 2.87. The van der Waals surface area contributed by atoms with Crippen molar-refractivity contribution in [1.82, 2.24) is 0 Å². The maximum atomic E-state index is 13.7. The summed E-state index contributed by atoms with van der Waals surface area (Å²) in [5.74, 6) is -5.52. The van der Waals surface area contributed by atoms with Gasteiger partial charge < -0.3 is 9.64 Å². The smallest absolute Gasteiger partial charge is 0.316 e. The zero-order valence-electron chi connectivity index (χ0n) is 21.1. The van der Waals surface area contributed by atoms with Gasteiger partial charge in [0.15, 0.2) is 4.33 Å². The molecule has 3 fully saturated rings. The van der Waals surface area contributed by atoms with Crippen LogP contribution in [0.4, 0.5) is 11.4 Å². The lowest BCUT2D eigenvalue weighted by Crippen LogP contribution is -2.50. The van der Waals surface area contributed by atoms with E-state index in [9.17, 15) is 19.2 Å². The molecular weight excluding hydrogens is 716 g/mol. The van der Waals surface area contributed by atoms with Crippen LogP contribution in [-0.4, -0.2) is 44.3 Å². The van der Waals surface area contributed by atoms with E-state index in [1.165, 1.54) is 23.1 Å². The largest absolute Gasteiger partial charge is 0.426 e. The van der Waals surface area contributed by atoms with Crippen molar-refractivity contribution in [3.63, 3.8) is 0 Å². The first-order valence-electron chi connectivity index (χ1n) is 12.3. The van der Waals surface area contributed by atoms with Gasteiger partial charge in [0.25, 0.3) is 0 Å². The summed E-state index contributed by atoms with van der Waals surface area (Å²) in [6, 6.07) is 9.06. The Morgan fingerprint density at radius 3 is 2.02 bits per heavy atom. The molecule has 0 N–H and O–H groups in total. The molecule has 6 rings (SSSR count). The molecule has 2 saturated heterocycles. The highest BCUT2D eigenvalue weighted by atomic mass is 35.5. The van der Waals surface area contributed by atoms with Gasteiger partial charge in [-0.2, -0.15) is 0 Å². The van der Waals surface area contributed by atoms with Crippen molar-refractivity contribution < 1.29 is 23.9 Å². The van der Waals surface area contributed by atoms with Gasteiger partial charge in [0.2, 0.25) is 17.7 Å². The van der Waals surface area contributed by atoms with Gasteiger partial charge in [-0.1, -0.05) is 69.6 Å². The third-order valence-electron chi connectivity index (χ3n) is 8.19. The molecule has 2 bridgehead atoms. The van der Waals surface area contributed by atoms with E-state index in [0.29, 0.717) is 21.3 Å². The van der Waals surface area contributed by atoms with Crippen molar-refractivity contribution in [1.29, 1.82) is 0 Å². The molecule has 7 nitrogen and oxygen atoms in total. The highest BCUT2D eigenvalue weighted by Crippen LogP contribution is 2.77. The molecule has 2 aromatic rings. The molecule has 42 heavy (non-hydrogen) atoms. The van der Waals surface area contributed by atoms with Crippen LogP contribution < -0.4 is 14.5 Å². The summed E-state index contributed by atoms with van der Waals surface area (Å²) in [4.78, 5) is 51.5. The highest BCUT2D eigenvalue weighted by molar-refractivity contribution is 6.67. The zero-order valence-corrected chi connectivity index (χ0v) is 27.1. The van der Waals surface area contributed by atoms with E-state index in [4.69, 9.17) is 97.5 Å². The second kappa shape index (κ2) is 10.0. The molecule has 2 aliphatic heterocycles. The number of imide groups is 1. The van der Waals surface area contributed by atoms with Crippen LogP contribution in [0.15, 0.2) is 46.5 Å². The summed E-state index contributed by atoms with van der Waals surface area (Å²) in [5.41, 5.74) is 1.03. The molecule has 3 amide bonds. The monoisotopic (exact) mass is 728 g/mol. The number of fused-ring (bicyclic) bond motifs is 5. The quantitative estimate of drug-likeness (QED) is 0.144. The molecule has 220 valence electrons. The number of rotatable bonds is 4. The van der Waals surface area contributed by atoms with Gasteiger partial charge in [0.05, 0.1) is 44.2 Å². The lowest BCUT2D eigenvalue weighted by atomic mass is 9.84. The second-order valence-electron chi connectivity index (χ2n) is 10.5. The molecule has 0 spiro atoms. The van der Waals surface area contributed by atoms with Crippen molar-refractivity contribution in [3.8, 4) is 5.75 Å². The maximum absolute atomic E-state index is 13.7. The van der Waals surface area contributed by atoms with Gasteiger partial charge in [0.1, 0.15) is 15.5 Å². The van der Waals surface area contributed by atoms with Crippen LogP contribution >= 0.6 is 92.8 Å². The number of esters is 1. The maximum Gasteiger partial charge on any atom is 0.316 e. The number of ether oxygens (including phenoxy) is 1. The number of hydrogen-bond donors (Lipinski definition) is 0. The van der Waals surface area contributed by atoms with E-state index in [0.717, 1.165) is 4.90 Å². The van der Waals surface area contributed by atoms with Crippen LogP contribution in [0.1, 0.15) is 12.0 Å². The molecule has 2 aliphatic carbocycles. The molecule has 0 aromatic heterocycles. The predicted octanol–water partition coefficient (Wildman–Crippen LogP) is 7.21. The normalized spacial score (nSPS) is 31.5. The fourth-order valence-electron chi connectivity index (χ4n) is 6.17. The van der Waals surface area contributed by atoms with E-state index >= 15 is 0 Å². The minimum atomic E-state index is -2.04. The van der Waals surface area contributed by atoms with Crippen LogP contribution in [0, 0.1) is 24.7 Å². The number of nitrogens with zero attached hydrogens (tertiary/aromatic N) is 2. The van der Waals surface area contributed by atoms with Crippen molar-refractivity contribution >= 4 is 128 Å². The van der Waals surface area contributed by atoms with Gasteiger partial charge in [-0.15, -0.1) is 23.2 Å². The molecule has 1 saturated carbocycles. The molecule has 5 atom stereocenters. The van der Waals surface area contributed by atoms with Crippen LogP contribution in [0.3, 0.4) is 0 Å². The molecule has 4 aliphatic rings. The molecule has 0 unspecified atom stereocenters. The van der Waals surface area contributed by atoms with Gasteiger partial charge in [-0.05, 0) is 48.9 Å². The number of benzene rings is 2. The topological polar surface area (TPSA) is 84.0 Å². The van der Waals surface area contributed by atoms with Crippen molar-refractivity contribution in [3.05, 3.63) is 62.1 Å². The van der Waals surface area contributed by atoms with Gasteiger partial charge in [-0.3, -0.25) is 19.2 Å². The Labute approximate surface area is 279 Å². The summed E-state index contributed by atoms with van der Waals surface area (Å²) in [6.07, 6.45) is -0.0829. The van der Waals surface area contributed by atoms with E-state index in [2.05, 4.69) is 0 Å². The first-order chi connectivity index (χ1) is 19.6. The Morgan fingerprint density at radius 2 is 1.45 bits per heavy atom. The molecule has 15 heteroatoms. The number of alkyl halides is 4. The van der Waals surface area contributed by atoms with Crippen LogP contribution in [-0.2, 0) is 19.2 Å². The third kappa shape index (κ3) is 3.87. The minimum Gasteiger partial charge on any atom is -0.426 e. The predicted molar refractivity (Wildman–Crippen MR) is 164 cm³/mol. The Morgan fingerprint density at radius 1 is 0.857 bits per heavy atom. The number of carbonyl (C=O) groups is 4. The summed E-state index contributed by atoms with van der Waals surface area (Å²) in [5, 5.41) is 0.343. The van der Waals surface area contributed by atoms with Crippen molar-refractivity contribution in [2.45, 2.75) is 27.4 Å². The number of amides is 3. The first kappa shape index (κ1) is 30.6. The van der Waals surface area contributed by atoms with Crippen LogP contribution in [0.25, 0.3) is 0 Å². The van der Waals surface area contributed by atoms with Crippen LogP contribution in [0.5, 0.6) is 5.75 Å². The van der Waals surface area contributed by atoms with E-state index in [1.807, 2.05) is 0 Å². The molecular formula is C27H16Cl8N2O5. The Bertz CT molecular complexity index is 1620. The van der Waals surface area contributed by atoms with Gasteiger partial charge in [0, 0.05) is 18.0 Å². The number of carbonyl (C=O) groups excluding carboxylic acids is 4. The van der Waals surface area contributed by atoms with Crippen molar-refractivity contribution in [2.24, 2.45) is 17.8 Å². The SMILES string of the molecule is Cc1cc(OC(=O)[C@H]2CC(=O)N(c3cc(Cl)ccc3Cl)C2)ccc1N1C(=O)[C@@H]2[C@H](C1=O)[C@@]1(Cl)C(Cl)=C(Cl)[C@@]2(Cl)C1(Cl)Cl. The zero-order chi connectivity index (χ0) is 30.7. The van der Waals surface area contributed by atoms with Crippen LogP contribution in [0.2, 0.25) is 10.0 Å². The Balaban J connectivity index is 1.22. The van der Waals surface area contributed by atoms with E-state index in [-0.39, 0.29) is 40.4 Å². The fourth-order valence-corrected chi connectivity index (χ4v) is 9.48. The fraction of sp³-hybridized carbons (Fsp3) is 0.333. The number of allylic oxidation sites excluding steroid dienone is 2. The number of aryl methyl sites for hydroxylation is 1. The lowest BCUT2D eigenvalue weighted by Gasteiger charge is -2.34. The average Bonchev–Trinajstić information content (AvgIpc) is 3.51. The molecule has 0 radical (unpaired) electrons. The summed E-state index contributed by atoms with van der Waals surface area (Å²) >= 11 is 51.6. The standard InChI is InChI=1S/C27H16Cl8N2O5/c1-10-6-13(42-24(41)11-7-17(38)36(9-11)16-8-12(28)2-4-14(16)29)3-5-15(10)37-22(39)18-19(23(37)40)26(33)21(31)20(30)25(18,32)27(26,34)35/h2-6,8,11,18-19H,7,9H2,1H3/t11-,18-,19+,25+,26+/m0/s1. The minimum absolute atomic E-state index is 0.0521. The third-order valence-corrected chi connectivity index (χ3v) is 13.0. The van der Waals surface area contributed by atoms with Crippen molar-refractivity contribution in [2.75, 3.05) is 16.3 Å². The summed E-state index contributed by atoms with van der Waals surface area (Å²) in [7, 11) is 0.